The van der Waals surface area contributed by atoms with E-state index in [9.17, 15) is 0 Å². The minimum absolute atomic E-state index is 0.725. The number of rotatable bonds is 0. The van der Waals surface area contributed by atoms with Gasteiger partial charge in [-0.05, 0) is 19.3 Å². The Labute approximate surface area is 61.9 Å². The van der Waals surface area contributed by atoms with E-state index in [1.165, 1.54) is 25.7 Å². The summed E-state index contributed by atoms with van der Waals surface area (Å²) in [5.41, 5.74) is 1.65. The molecule has 1 atom stereocenters. The van der Waals surface area contributed by atoms with Crippen LogP contribution in [0.4, 0.5) is 0 Å². The number of allylic oxidation sites excluding steroid dienone is 1. The van der Waals surface area contributed by atoms with E-state index in [4.69, 9.17) is 0 Å². The first-order chi connectivity index (χ1) is 4.97. The smallest absolute Gasteiger partial charge is 0.0569 e. The molecule has 1 aliphatic carbocycles. The normalized spacial score (nSPS) is 31.2. The van der Waals surface area contributed by atoms with Crippen molar-refractivity contribution in [3.63, 3.8) is 0 Å². The zero-order valence-corrected chi connectivity index (χ0v) is 6.21. The zero-order chi connectivity index (χ0) is 6.81. The number of hydrogen-bond donors (Lipinski definition) is 0. The molecular formula is C9H13N. The fourth-order valence-electron chi connectivity index (χ4n) is 1.85. The summed E-state index contributed by atoms with van der Waals surface area (Å²) in [5, 5.41) is 0. The molecule has 2 rings (SSSR count). The summed E-state index contributed by atoms with van der Waals surface area (Å²) in [4.78, 5) is 4.26. The van der Waals surface area contributed by atoms with E-state index in [1.807, 2.05) is 0 Å². The fourth-order valence-corrected chi connectivity index (χ4v) is 1.85. The largest absolute Gasteiger partial charge is 0.293 e. The van der Waals surface area contributed by atoms with E-state index in [1.54, 1.807) is 5.57 Å². The molecule has 0 saturated heterocycles. The van der Waals surface area contributed by atoms with Crippen molar-refractivity contribution in [1.29, 1.82) is 0 Å². The van der Waals surface area contributed by atoms with Gasteiger partial charge in [-0.15, -0.1) is 0 Å². The molecule has 0 radical (unpaired) electrons. The van der Waals surface area contributed by atoms with Crippen molar-refractivity contribution in [2.45, 2.75) is 25.7 Å². The first-order valence-electron chi connectivity index (χ1n) is 4.16. The average Bonchev–Trinajstić information content (AvgIpc) is 2.05. The van der Waals surface area contributed by atoms with Gasteiger partial charge in [0, 0.05) is 12.1 Å². The molecule has 1 saturated carbocycles. The molecule has 0 N–H and O–H groups in total. The Hall–Kier alpha value is -0.590. The van der Waals surface area contributed by atoms with Crippen LogP contribution in [-0.2, 0) is 0 Å². The lowest BCUT2D eigenvalue weighted by atomic mass is 9.84. The summed E-state index contributed by atoms with van der Waals surface area (Å²) in [6, 6.07) is 0. The highest BCUT2D eigenvalue weighted by Crippen LogP contribution is 2.29. The summed E-state index contributed by atoms with van der Waals surface area (Å²) >= 11 is 0. The number of nitrogens with zero attached hydrogens (tertiary/aromatic N) is 1. The maximum atomic E-state index is 4.26. The maximum absolute atomic E-state index is 4.26. The van der Waals surface area contributed by atoms with Crippen LogP contribution in [0, 0.1) is 5.92 Å². The Bertz CT molecular complexity index is 179. The molecule has 0 aromatic heterocycles. The predicted octanol–water partition coefficient (Wildman–Crippen LogP) is 2.19. The highest BCUT2D eigenvalue weighted by Gasteiger charge is 2.17. The first-order valence-corrected chi connectivity index (χ1v) is 4.16. The molecule has 1 heteroatoms. The van der Waals surface area contributed by atoms with Crippen molar-refractivity contribution < 1.29 is 0 Å². The molecule has 10 heavy (non-hydrogen) atoms. The number of hydrogen-bond acceptors (Lipinski definition) is 1. The van der Waals surface area contributed by atoms with Gasteiger partial charge >= 0.3 is 0 Å². The lowest BCUT2D eigenvalue weighted by Crippen LogP contribution is -2.14. The summed E-state index contributed by atoms with van der Waals surface area (Å²) in [6.07, 6.45) is 9.93. The second kappa shape index (κ2) is 2.57. The third kappa shape index (κ3) is 1.00. The molecule has 2 aliphatic rings. The Morgan fingerprint density at radius 1 is 1.40 bits per heavy atom. The molecule has 0 aromatic carbocycles. The average molecular weight is 135 g/mol. The zero-order valence-electron chi connectivity index (χ0n) is 6.21. The van der Waals surface area contributed by atoms with E-state index in [-0.39, 0.29) is 0 Å². The minimum atomic E-state index is 0.725. The summed E-state index contributed by atoms with van der Waals surface area (Å²) < 4.78 is 0. The van der Waals surface area contributed by atoms with E-state index < -0.39 is 0 Å². The van der Waals surface area contributed by atoms with Gasteiger partial charge in [0.1, 0.15) is 0 Å². The Kier molecular flexibility index (Phi) is 1.58. The van der Waals surface area contributed by atoms with Gasteiger partial charge in [-0.2, -0.15) is 0 Å². The molecule has 1 unspecified atom stereocenters. The Morgan fingerprint density at radius 3 is 3.30 bits per heavy atom. The molecule has 0 spiro atoms. The van der Waals surface area contributed by atoms with Crippen LogP contribution in [0.25, 0.3) is 0 Å². The topological polar surface area (TPSA) is 12.4 Å². The van der Waals surface area contributed by atoms with Crippen molar-refractivity contribution in [2.24, 2.45) is 10.9 Å². The lowest BCUT2D eigenvalue weighted by Gasteiger charge is -2.23. The van der Waals surface area contributed by atoms with Crippen LogP contribution in [0.15, 0.2) is 16.6 Å². The van der Waals surface area contributed by atoms with Crippen LogP contribution in [0.2, 0.25) is 0 Å². The van der Waals surface area contributed by atoms with Crippen LogP contribution >= 0.6 is 0 Å². The number of dihydropyridines is 1. The molecule has 1 fully saturated rings. The fraction of sp³-hybridized carbons (Fsp3) is 0.667. The Morgan fingerprint density at radius 2 is 2.40 bits per heavy atom. The third-order valence-electron chi connectivity index (χ3n) is 2.45. The van der Waals surface area contributed by atoms with Gasteiger partial charge in [0.2, 0.25) is 0 Å². The van der Waals surface area contributed by atoms with Crippen LogP contribution in [0.5, 0.6) is 0 Å². The highest BCUT2D eigenvalue weighted by atomic mass is 14.7. The van der Waals surface area contributed by atoms with Crippen LogP contribution < -0.4 is 0 Å². The van der Waals surface area contributed by atoms with Gasteiger partial charge in [0.25, 0.3) is 0 Å². The van der Waals surface area contributed by atoms with Crippen LogP contribution in [0.1, 0.15) is 25.7 Å². The Balaban J connectivity index is 2.13. The van der Waals surface area contributed by atoms with Gasteiger partial charge in [0.15, 0.2) is 0 Å². The molecular weight excluding hydrogens is 122 g/mol. The SMILES string of the molecule is C1=NCC=C2CCCCC12. The van der Waals surface area contributed by atoms with Crippen molar-refractivity contribution in [2.75, 3.05) is 6.54 Å². The molecule has 0 bridgehead atoms. The first kappa shape index (κ1) is 6.14. The third-order valence-corrected chi connectivity index (χ3v) is 2.45. The second-order valence-corrected chi connectivity index (χ2v) is 3.15. The number of fused-ring (bicyclic) bond motifs is 1. The monoisotopic (exact) mass is 135 g/mol. The van der Waals surface area contributed by atoms with Crippen molar-refractivity contribution in [1.82, 2.24) is 0 Å². The molecule has 1 nitrogen and oxygen atoms in total. The van der Waals surface area contributed by atoms with Crippen molar-refractivity contribution in [3.05, 3.63) is 11.6 Å². The van der Waals surface area contributed by atoms with Gasteiger partial charge in [-0.25, -0.2) is 0 Å². The van der Waals surface area contributed by atoms with E-state index in [0.717, 1.165) is 12.5 Å². The minimum Gasteiger partial charge on any atom is -0.293 e. The van der Waals surface area contributed by atoms with Gasteiger partial charge in [-0.1, -0.05) is 18.1 Å². The molecule has 54 valence electrons. The predicted molar refractivity (Wildman–Crippen MR) is 43.4 cm³/mol. The van der Waals surface area contributed by atoms with Gasteiger partial charge in [-0.3, -0.25) is 4.99 Å². The van der Waals surface area contributed by atoms with Gasteiger partial charge in [0.05, 0.1) is 6.54 Å². The molecule has 0 amide bonds. The highest BCUT2D eigenvalue weighted by molar-refractivity contribution is 5.66. The number of aliphatic imine (C=N–C) groups is 1. The van der Waals surface area contributed by atoms with E-state index in [2.05, 4.69) is 17.3 Å². The second-order valence-electron chi connectivity index (χ2n) is 3.15. The maximum Gasteiger partial charge on any atom is 0.0569 e. The lowest BCUT2D eigenvalue weighted by molar-refractivity contribution is 0.538. The summed E-state index contributed by atoms with van der Waals surface area (Å²) in [6.45, 7) is 0.936. The van der Waals surface area contributed by atoms with Gasteiger partial charge < -0.3 is 0 Å². The van der Waals surface area contributed by atoms with E-state index >= 15 is 0 Å². The molecule has 1 heterocycles. The van der Waals surface area contributed by atoms with Crippen LogP contribution in [0.3, 0.4) is 0 Å². The van der Waals surface area contributed by atoms with E-state index in [0.29, 0.717) is 0 Å². The molecule has 1 aliphatic heterocycles. The standard InChI is InChI=1S/C9H13N/c1-2-4-9-7-10-6-5-8(9)3-1/h5,7,9H,1-4,6H2. The molecule has 0 aromatic rings. The summed E-state index contributed by atoms with van der Waals surface area (Å²) in [5.74, 6) is 0.725. The summed E-state index contributed by atoms with van der Waals surface area (Å²) in [7, 11) is 0. The van der Waals surface area contributed by atoms with Crippen molar-refractivity contribution in [3.8, 4) is 0 Å². The quantitative estimate of drug-likeness (QED) is 0.451. The van der Waals surface area contributed by atoms with Crippen molar-refractivity contribution >= 4 is 6.21 Å². The van der Waals surface area contributed by atoms with Crippen LogP contribution in [-0.4, -0.2) is 12.8 Å².